The lowest BCUT2D eigenvalue weighted by molar-refractivity contribution is 0.0522. The molecule has 0 radical (unpaired) electrons. The zero-order valence-electron chi connectivity index (χ0n) is 13.5. The predicted molar refractivity (Wildman–Crippen MR) is 89.5 cm³/mol. The van der Waals surface area contributed by atoms with Crippen LogP contribution in [0.25, 0.3) is 0 Å². The molecule has 0 aromatic heterocycles. The van der Waals surface area contributed by atoms with Gasteiger partial charge in [-0.15, -0.1) is 0 Å². The Morgan fingerprint density at radius 2 is 1.96 bits per heavy atom. The molecule has 3 unspecified atom stereocenters. The molecule has 23 heavy (non-hydrogen) atoms. The first kappa shape index (κ1) is 18.3. The van der Waals surface area contributed by atoms with Gasteiger partial charge in [-0.3, -0.25) is 0 Å². The summed E-state index contributed by atoms with van der Waals surface area (Å²) < 4.78 is 18.8. The molecule has 7 heteroatoms. The average molecular weight is 363 g/mol. The Kier molecular flexibility index (Phi) is 5.44. The van der Waals surface area contributed by atoms with Crippen LogP contribution in [-0.2, 0) is 4.74 Å². The monoisotopic (exact) mass is 362 g/mol. The largest absolute Gasteiger partial charge is 0.444 e. The van der Waals surface area contributed by atoms with E-state index in [0.717, 1.165) is 6.42 Å². The van der Waals surface area contributed by atoms with Crippen molar-refractivity contribution in [1.29, 1.82) is 0 Å². The third-order valence-corrected chi connectivity index (χ3v) is 4.08. The van der Waals surface area contributed by atoms with Crippen LogP contribution in [-0.4, -0.2) is 23.8 Å². The zero-order chi connectivity index (χ0) is 17.4. The molecule has 2 N–H and O–H groups in total. The van der Waals surface area contributed by atoms with Crippen molar-refractivity contribution in [2.45, 2.75) is 57.8 Å². The van der Waals surface area contributed by atoms with E-state index in [4.69, 9.17) is 27.9 Å². The maximum atomic E-state index is 13.6. The molecule has 0 saturated heterocycles. The molecule has 1 fully saturated rings. The molecule has 1 aliphatic rings. The number of carbonyl (C=O) groups is 1. The molecule has 1 amide bonds. The molecule has 0 spiro atoms. The Hall–Kier alpha value is -1.04. The van der Waals surface area contributed by atoms with Crippen LogP contribution in [0.15, 0.2) is 12.1 Å². The summed E-state index contributed by atoms with van der Waals surface area (Å²) in [6, 6.07) is 2.68. The van der Waals surface area contributed by atoms with Crippen molar-refractivity contribution in [3.05, 3.63) is 33.6 Å². The van der Waals surface area contributed by atoms with Gasteiger partial charge in [0.05, 0.1) is 5.02 Å². The maximum Gasteiger partial charge on any atom is 0.407 e. The van der Waals surface area contributed by atoms with Crippen LogP contribution >= 0.6 is 23.2 Å². The number of nitrogens with one attached hydrogen (secondary N) is 2. The molecule has 2 rings (SSSR count). The first-order valence-corrected chi connectivity index (χ1v) is 8.22. The second-order valence-corrected chi connectivity index (χ2v) is 7.59. The SMILES string of the molecule is CC(NC1CC1NC(=O)OC(C)(C)C)c1cc(F)c(Cl)cc1Cl. The van der Waals surface area contributed by atoms with Gasteiger partial charge < -0.3 is 15.4 Å². The standard InChI is InChI=1S/C16H21Cl2FN2O2/c1-8(9-5-12(19)11(18)6-10(9)17)20-13-7-14(13)21-15(22)23-16(2,3)4/h5-6,8,13-14,20H,7H2,1-4H3,(H,21,22). The van der Waals surface area contributed by atoms with E-state index in [1.807, 2.05) is 27.7 Å². The van der Waals surface area contributed by atoms with Crippen LogP contribution in [0.2, 0.25) is 10.0 Å². The summed E-state index contributed by atoms with van der Waals surface area (Å²) in [6.07, 6.45) is 0.354. The number of amides is 1. The number of benzene rings is 1. The second-order valence-electron chi connectivity index (χ2n) is 6.77. The minimum absolute atomic E-state index is 0.00170. The van der Waals surface area contributed by atoms with Gasteiger partial charge in [-0.05, 0) is 51.8 Å². The molecule has 0 aliphatic heterocycles. The molecule has 4 nitrogen and oxygen atoms in total. The smallest absolute Gasteiger partial charge is 0.407 e. The second kappa shape index (κ2) is 6.83. The van der Waals surface area contributed by atoms with E-state index in [1.165, 1.54) is 12.1 Å². The van der Waals surface area contributed by atoms with Gasteiger partial charge in [-0.25, -0.2) is 9.18 Å². The average Bonchev–Trinajstić information content (AvgIpc) is 3.08. The highest BCUT2D eigenvalue weighted by Crippen LogP contribution is 2.31. The number of alkyl carbamates (subject to hydrolysis) is 1. The number of halogens is 3. The molecule has 1 aromatic rings. The highest BCUT2D eigenvalue weighted by Gasteiger charge is 2.40. The van der Waals surface area contributed by atoms with Crippen molar-refractivity contribution in [2.24, 2.45) is 0 Å². The van der Waals surface area contributed by atoms with Gasteiger partial charge in [-0.2, -0.15) is 0 Å². The summed E-state index contributed by atoms with van der Waals surface area (Å²) in [4.78, 5) is 11.7. The van der Waals surface area contributed by atoms with E-state index >= 15 is 0 Å². The number of hydrogen-bond acceptors (Lipinski definition) is 3. The van der Waals surface area contributed by atoms with Crippen molar-refractivity contribution >= 4 is 29.3 Å². The molecule has 1 aromatic carbocycles. The van der Waals surface area contributed by atoms with E-state index in [-0.39, 0.29) is 23.1 Å². The van der Waals surface area contributed by atoms with Crippen LogP contribution in [0, 0.1) is 5.82 Å². The Labute approximate surface area is 145 Å². The van der Waals surface area contributed by atoms with Gasteiger partial charge in [0.25, 0.3) is 0 Å². The lowest BCUT2D eigenvalue weighted by Crippen LogP contribution is -2.37. The van der Waals surface area contributed by atoms with Crippen molar-refractivity contribution in [2.75, 3.05) is 0 Å². The number of hydrogen-bond donors (Lipinski definition) is 2. The van der Waals surface area contributed by atoms with Crippen molar-refractivity contribution in [3.63, 3.8) is 0 Å². The molecule has 0 heterocycles. The van der Waals surface area contributed by atoms with Crippen LogP contribution < -0.4 is 10.6 Å². The summed E-state index contributed by atoms with van der Waals surface area (Å²) >= 11 is 11.8. The Morgan fingerprint density at radius 1 is 1.30 bits per heavy atom. The predicted octanol–water partition coefficient (Wildman–Crippen LogP) is 4.45. The van der Waals surface area contributed by atoms with Gasteiger partial charge in [0.1, 0.15) is 11.4 Å². The molecule has 1 aliphatic carbocycles. The molecule has 128 valence electrons. The van der Waals surface area contributed by atoms with Crippen molar-refractivity contribution in [3.8, 4) is 0 Å². The van der Waals surface area contributed by atoms with Crippen LogP contribution in [0.3, 0.4) is 0 Å². The van der Waals surface area contributed by atoms with E-state index in [2.05, 4.69) is 10.6 Å². The summed E-state index contributed by atoms with van der Waals surface area (Å²) in [5, 5.41) is 6.52. The number of rotatable bonds is 4. The minimum atomic E-state index is -0.524. The highest BCUT2D eigenvalue weighted by molar-refractivity contribution is 6.35. The minimum Gasteiger partial charge on any atom is -0.444 e. The Balaban J connectivity index is 1.88. The van der Waals surface area contributed by atoms with Gasteiger partial charge >= 0.3 is 6.09 Å². The Bertz CT molecular complexity index is 604. The van der Waals surface area contributed by atoms with Gasteiger partial charge in [0.2, 0.25) is 0 Å². The van der Waals surface area contributed by atoms with Gasteiger partial charge in [0, 0.05) is 23.1 Å². The summed E-state index contributed by atoms with van der Waals surface area (Å²) in [5.74, 6) is -0.501. The lowest BCUT2D eigenvalue weighted by atomic mass is 10.1. The maximum absolute atomic E-state index is 13.6. The van der Waals surface area contributed by atoms with E-state index in [1.54, 1.807) is 0 Å². The zero-order valence-corrected chi connectivity index (χ0v) is 15.1. The Morgan fingerprint density at radius 3 is 2.57 bits per heavy atom. The third kappa shape index (κ3) is 5.23. The van der Waals surface area contributed by atoms with E-state index in [9.17, 15) is 9.18 Å². The first-order chi connectivity index (χ1) is 10.6. The van der Waals surface area contributed by atoms with Gasteiger partial charge in [-0.1, -0.05) is 23.2 Å². The van der Waals surface area contributed by atoms with E-state index in [0.29, 0.717) is 10.6 Å². The quantitative estimate of drug-likeness (QED) is 0.778. The summed E-state index contributed by atoms with van der Waals surface area (Å²) in [6.45, 7) is 7.33. The molecular formula is C16H21Cl2FN2O2. The fraction of sp³-hybridized carbons (Fsp3) is 0.562. The molecule has 3 atom stereocenters. The molecular weight excluding hydrogens is 342 g/mol. The number of ether oxygens (including phenoxy) is 1. The lowest BCUT2D eigenvalue weighted by Gasteiger charge is -2.20. The van der Waals surface area contributed by atoms with Gasteiger partial charge in [0.15, 0.2) is 0 Å². The van der Waals surface area contributed by atoms with Crippen LogP contribution in [0.4, 0.5) is 9.18 Å². The van der Waals surface area contributed by atoms with Crippen LogP contribution in [0.5, 0.6) is 0 Å². The topological polar surface area (TPSA) is 50.4 Å². The van der Waals surface area contributed by atoms with Crippen molar-refractivity contribution < 1.29 is 13.9 Å². The van der Waals surface area contributed by atoms with Crippen molar-refractivity contribution in [1.82, 2.24) is 10.6 Å². The van der Waals surface area contributed by atoms with Crippen LogP contribution in [0.1, 0.15) is 45.7 Å². The summed E-state index contributed by atoms with van der Waals surface area (Å²) in [5.41, 5.74) is 0.111. The highest BCUT2D eigenvalue weighted by atomic mass is 35.5. The fourth-order valence-electron chi connectivity index (χ4n) is 2.28. The normalized spacial score (nSPS) is 21.7. The summed E-state index contributed by atoms with van der Waals surface area (Å²) in [7, 11) is 0. The third-order valence-electron chi connectivity index (χ3n) is 3.46. The molecule has 1 saturated carbocycles. The molecule has 0 bridgehead atoms. The fourth-order valence-corrected chi connectivity index (χ4v) is 2.83. The number of carbonyl (C=O) groups excluding carboxylic acids is 1. The van der Waals surface area contributed by atoms with E-state index < -0.39 is 17.5 Å². The first-order valence-electron chi connectivity index (χ1n) is 7.47.